The highest BCUT2D eigenvalue weighted by Crippen LogP contribution is 2.23. The van der Waals surface area contributed by atoms with Crippen LogP contribution in [0.3, 0.4) is 0 Å². The Labute approximate surface area is 176 Å². The molecule has 2 rings (SSSR count). The molecular formula is C16H19Cl2N3O6S. The van der Waals surface area contributed by atoms with Crippen LogP contribution in [0.1, 0.15) is 0 Å². The molecule has 1 fully saturated rings. The number of thiocarbonyl (C=S) groups is 1. The van der Waals surface area contributed by atoms with E-state index in [2.05, 4.69) is 5.32 Å². The van der Waals surface area contributed by atoms with Gasteiger partial charge in [-0.25, -0.2) is 0 Å². The lowest BCUT2D eigenvalue weighted by molar-refractivity contribution is -0.122. The Kier molecular flexibility index (Phi) is 8.92. The van der Waals surface area contributed by atoms with Gasteiger partial charge in [0.15, 0.2) is 5.11 Å². The maximum Gasteiger partial charge on any atom is 0.269 e. The smallest absolute Gasteiger partial charge is 0.269 e. The molecule has 0 aliphatic carbocycles. The summed E-state index contributed by atoms with van der Waals surface area (Å²) < 4.78 is 0. The summed E-state index contributed by atoms with van der Waals surface area (Å²) in [4.78, 5) is 25.9. The van der Waals surface area contributed by atoms with Crippen LogP contribution < -0.4 is 16.0 Å². The van der Waals surface area contributed by atoms with Crippen LogP contribution in [-0.4, -0.2) is 68.3 Å². The summed E-state index contributed by atoms with van der Waals surface area (Å²) in [5.74, 6) is -1.66. The normalized spacial score (nSPS) is 20.3. The average Bonchev–Trinajstić information content (AvgIpc) is 2.64. The average molecular weight is 452 g/mol. The number of anilines is 1. The summed E-state index contributed by atoms with van der Waals surface area (Å²) in [7, 11) is 0. The highest BCUT2D eigenvalue weighted by atomic mass is 35.5. The third kappa shape index (κ3) is 5.25. The first-order valence-electron chi connectivity index (χ1n) is 7.75. The van der Waals surface area contributed by atoms with Gasteiger partial charge in [0.1, 0.15) is 17.8 Å². The number of hydrogen-bond donors (Lipinski definition) is 6. The van der Waals surface area contributed by atoms with Crippen LogP contribution in [0.25, 0.3) is 0 Å². The van der Waals surface area contributed by atoms with E-state index < -0.39 is 48.3 Å². The fourth-order valence-corrected chi connectivity index (χ4v) is 2.76. The standard InChI is InChI=1S/C16H18ClN3O6S.ClH/c17-7-1-3-8(4-2-7)20-15(26)9(14(25)19-16(20)27)5-10(22)12(18)13(24)11(23)6-21;/h1-5,10-13,21-24H,6,18H2,(H,19,25,27);1H/b9-5-;/t10-,11+,12+,13-;/m1./s1. The zero-order valence-corrected chi connectivity index (χ0v) is 16.6. The SMILES string of the molecule is Cl.N[C@H]([C@H](O)[C@@H](O)CO)[C@H](O)/C=C1/C(=O)NC(=S)N(c2ccc(Cl)cc2)C1=O. The number of carbonyl (C=O) groups excluding carboxylic acids is 2. The van der Waals surface area contributed by atoms with Crippen LogP contribution in [0.15, 0.2) is 35.9 Å². The number of carbonyl (C=O) groups is 2. The minimum Gasteiger partial charge on any atom is -0.394 e. The molecule has 0 saturated carbocycles. The van der Waals surface area contributed by atoms with Crippen molar-refractivity contribution in [2.75, 3.05) is 11.5 Å². The van der Waals surface area contributed by atoms with Crippen molar-refractivity contribution in [1.29, 1.82) is 0 Å². The van der Waals surface area contributed by atoms with Crippen molar-refractivity contribution in [2.45, 2.75) is 24.4 Å². The van der Waals surface area contributed by atoms with Gasteiger partial charge in [0.25, 0.3) is 11.8 Å². The first kappa shape index (κ1) is 24.4. The number of nitrogens with one attached hydrogen (secondary N) is 1. The zero-order chi connectivity index (χ0) is 20.3. The minimum atomic E-state index is -1.68. The maximum atomic E-state index is 12.7. The molecule has 0 radical (unpaired) electrons. The number of rotatable bonds is 6. The topological polar surface area (TPSA) is 156 Å². The van der Waals surface area contributed by atoms with Gasteiger partial charge in [-0.05, 0) is 42.6 Å². The van der Waals surface area contributed by atoms with E-state index in [-0.39, 0.29) is 17.5 Å². The lowest BCUT2D eigenvalue weighted by Crippen LogP contribution is -2.55. The number of nitrogens with two attached hydrogens (primary N) is 1. The van der Waals surface area contributed by atoms with Crippen molar-refractivity contribution >= 4 is 58.8 Å². The molecule has 1 heterocycles. The van der Waals surface area contributed by atoms with Gasteiger partial charge in [0.2, 0.25) is 0 Å². The summed E-state index contributed by atoms with van der Waals surface area (Å²) in [5, 5.41) is 40.7. The number of amides is 2. The lowest BCUT2D eigenvalue weighted by Gasteiger charge is -2.30. The fraction of sp³-hybridized carbons (Fsp3) is 0.312. The Hall–Kier alpha value is -1.63. The second kappa shape index (κ2) is 10.2. The van der Waals surface area contributed by atoms with Gasteiger partial charge in [-0.15, -0.1) is 12.4 Å². The predicted octanol–water partition coefficient (Wildman–Crippen LogP) is -1.16. The third-order valence-corrected chi connectivity index (χ3v) is 4.43. The second-order valence-electron chi connectivity index (χ2n) is 5.77. The summed E-state index contributed by atoms with van der Waals surface area (Å²) in [5.41, 5.74) is 5.51. The van der Waals surface area contributed by atoms with Crippen LogP contribution in [0.2, 0.25) is 5.02 Å². The van der Waals surface area contributed by atoms with E-state index in [1.54, 1.807) is 0 Å². The second-order valence-corrected chi connectivity index (χ2v) is 6.59. The van der Waals surface area contributed by atoms with E-state index in [1.165, 1.54) is 24.3 Å². The van der Waals surface area contributed by atoms with Crippen LogP contribution in [0.4, 0.5) is 5.69 Å². The van der Waals surface area contributed by atoms with Crippen LogP contribution in [-0.2, 0) is 9.59 Å². The molecule has 154 valence electrons. The van der Waals surface area contributed by atoms with Gasteiger partial charge >= 0.3 is 0 Å². The summed E-state index contributed by atoms with van der Waals surface area (Å²) in [6.45, 7) is -0.782. The summed E-state index contributed by atoms with van der Waals surface area (Å²) in [6, 6.07) is 4.64. The minimum absolute atomic E-state index is 0. The van der Waals surface area contributed by atoms with Crippen molar-refractivity contribution < 1.29 is 30.0 Å². The summed E-state index contributed by atoms with van der Waals surface area (Å²) in [6.07, 6.45) is -4.08. The van der Waals surface area contributed by atoms with Gasteiger partial charge in [0.05, 0.1) is 24.4 Å². The number of aliphatic hydroxyl groups is 4. The number of nitrogens with zero attached hydrogens (tertiary/aromatic N) is 1. The Morgan fingerprint density at radius 3 is 2.32 bits per heavy atom. The predicted molar refractivity (Wildman–Crippen MR) is 108 cm³/mol. The Bertz CT molecular complexity index is 776. The monoisotopic (exact) mass is 451 g/mol. The molecule has 1 aromatic carbocycles. The molecule has 4 atom stereocenters. The number of aliphatic hydroxyl groups excluding tert-OH is 4. The van der Waals surface area contributed by atoms with Crippen LogP contribution in [0, 0.1) is 0 Å². The van der Waals surface area contributed by atoms with E-state index in [1.807, 2.05) is 0 Å². The first-order chi connectivity index (χ1) is 12.7. The maximum absolute atomic E-state index is 12.7. The largest absolute Gasteiger partial charge is 0.394 e. The summed E-state index contributed by atoms with van der Waals surface area (Å²) >= 11 is 10.9. The molecule has 1 aliphatic rings. The molecule has 0 unspecified atom stereocenters. The third-order valence-electron chi connectivity index (χ3n) is 3.89. The van der Waals surface area contributed by atoms with Crippen molar-refractivity contribution in [3.63, 3.8) is 0 Å². The number of benzene rings is 1. The lowest BCUT2D eigenvalue weighted by atomic mass is 9.98. The molecule has 0 bridgehead atoms. The molecular weight excluding hydrogens is 433 g/mol. The Balaban J connectivity index is 0.00000392. The van der Waals surface area contributed by atoms with Crippen molar-refractivity contribution in [1.82, 2.24) is 5.32 Å². The fourth-order valence-electron chi connectivity index (χ4n) is 2.35. The molecule has 9 nitrogen and oxygen atoms in total. The van der Waals surface area contributed by atoms with Crippen LogP contribution >= 0.6 is 36.2 Å². The van der Waals surface area contributed by atoms with E-state index in [9.17, 15) is 24.9 Å². The van der Waals surface area contributed by atoms with Gasteiger partial charge in [-0.3, -0.25) is 19.8 Å². The number of hydrogen-bond acceptors (Lipinski definition) is 8. The van der Waals surface area contributed by atoms with Gasteiger partial charge in [0, 0.05) is 5.02 Å². The van der Waals surface area contributed by atoms with Crippen molar-refractivity contribution in [3.8, 4) is 0 Å². The molecule has 1 aliphatic heterocycles. The molecule has 2 amide bonds. The first-order valence-corrected chi connectivity index (χ1v) is 8.53. The van der Waals surface area contributed by atoms with E-state index >= 15 is 0 Å². The highest BCUT2D eigenvalue weighted by Gasteiger charge is 2.36. The molecule has 1 aromatic rings. The molecule has 12 heteroatoms. The van der Waals surface area contributed by atoms with E-state index in [0.29, 0.717) is 10.7 Å². The quantitative estimate of drug-likeness (QED) is 0.179. The Morgan fingerprint density at radius 1 is 1.21 bits per heavy atom. The van der Waals surface area contributed by atoms with Gasteiger partial charge < -0.3 is 26.2 Å². The van der Waals surface area contributed by atoms with Gasteiger partial charge in [-0.1, -0.05) is 11.6 Å². The van der Waals surface area contributed by atoms with Crippen molar-refractivity contribution in [3.05, 3.63) is 40.9 Å². The Morgan fingerprint density at radius 2 is 1.79 bits per heavy atom. The molecule has 7 N–H and O–H groups in total. The number of halogens is 2. The van der Waals surface area contributed by atoms with E-state index in [4.69, 9.17) is 34.7 Å². The van der Waals surface area contributed by atoms with Crippen LogP contribution in [0.5, 0.6) is 0 Å². The molecule has 1 saturated heterocycles. The van der Waals surface area contributed by atoms with Crippen molar-refractivity contribution in [2.24, 2.45) is 5.73 Å². The molecule has 0 aromatic heterocycles. The van der Waals surface area contributed by atoms with E-state index in [0.717, 1.165) is 11.0 Å². The molecule has 0 spiro atoms. The van der Waals surface area contributed by atoms with Gasteiger partial charge in [-0.2, -0.15) is 0 Å². The zero-order valence-electron chi connectivity index (χ0n) is 14.2. The highest BCUT2D eigenvalue weighted by molar-refractivity contribution is 7.80. The molecule has 28 heavy (non-hydrogen) atoms.